The molecule has 1 atom stereocenters. The van der Waals surface area contributed by atoms with Crippen molar-refractivity contribution >= 4 is 42.5 Å². The minimum Gasteiger partial charge on any atom is -0.549 e. The second-order valence-corrected chi connectivity index (χ2v) is 1.77. The molecule has 1 unspecified atom stereocenters. The van der Waals surface area contributed by atoms with Gasteiger partial charge in [-0.1, -0.05) is 0 Å². The van der Waals surface area contributed by atoms with Gasteiger partial charge >= 0.3 is 23.9 Å². The van der Waals surface area contributed by atoms with Crippen molar-refractivity contribution < 1.29 is 9.90 Å². The van der Waals surface area contributed by atoms with Crippen LogP contribution in [0.3, 0.4) is 0 Å². The summed E-state index contributed by atoms with van der Waals surface area (Å²) in [6.07, 6.45) is 0. The number of thiol groups is 1. The van der Waals surface area contributed by atoms with Gasteiger partial charge in [0.25, 0.3) is 0 Å². The van der Waals surface area contributed by atoms with Crippen molar-refractivity contribution in [1.82, 2.24) is 0 Å². The average molecular weight is 224 g/mol. The zero-order valence-corrected chi connectivity index (χ0v) is 7.59. The molecule has 0 aliphatic heterocycles. The predicted molar refractivity (Wildman–Crippen MR) is 29.2 cm³/mol. The molecule has 0 aromatic heterocycles. The first-order chi connectivity index (χ1) is 2.64. The van der Waals surface area contributed by atoms with Crippen LogP contribution >= 0.6 is 12.6 Å². The van der Waals surface area contributed by atoms with Crippen LogP contribution in [0.1, 0.15) is 6.92 Å². The molecule has 2 nitrogen and oxygen atoms in total. The molecule has 0 heterocycles. The molecule has 0 radical (unpaired) electrons. The summed E-state index contributed by atoms with van der Waals surface area (Å²) in [5.74, 6) is -1.13. The number of carbonyl (C=O) groups is 1. The fourth-order valence-corrected chi connectivity index (χ4v) is 0. The van der Waals surface area contributed by atoms with Crippen molar-refractivity contribution in [3.63, 3.8) is 0 Å². The Morgan fingerprint density at radius 3 is 2.00 bits per heavy atom. The molecule has 0 rings (SSSR count). The maximum atomic E-state index is 9.51. The molecule has 0 aromatic carbocycles. The first-order valence-corrected chi connectivity index (χ1v) is 2.05. The van der Waals surface area contributed by atoms with Crippen molar-refractivity contribution in [3.8, 4) is 0 Å². The Balaban J connectivity index is 0. The van der Waals surface area contributed by atoms with Crippen LogP contribution in [0.15, 0.2) is 0 Å². The Morgan fingerprint density at radius 2 is 2.00 bits per heavy atom. The predicted octanol–water partition coefficient (Wildman–Crippen LogP) is -1.33. The van der Waals surface area contributed by atoms with Crippen LogP contribution in [0.2, 0.25) is 0 Å². The van der Waals surface area contributed by atoms with Crippen molar-refractivity contribution in [1.29, 1.82) is 0 Å². The number of carboxylic acids is 1. The summed E-state index contributed by atoms with van der Waals surface area (Å²) in [4.78, 5) is 9.51. The number of hydrogen-bond donors (Lipinski definition) is 1. The SMILES string of the molecule is CC(S)C(=O)[O-].[Sn+4]. The van der Waals surface area contributed by atoms with Crippen LogP contribution in [0.5, 0.6) is 0 Å². The molecule has 0 amide bonds. The van der Waals surface area contributed by atoms with Crippen LogP contribution in [-0.2, 0) is 4.79 Å². The summed E-state index contributed by atoms with van der Waals surface area (Å²) in [6, 6.07) is 0. The van der Waals surface area contributed by atoms with Crippen LogP contribution in [-0.4, -0.2) is 35.1 Å². The quantitative estimate of drug-likeness (QED) is 0.443. The van der Waals surface area contributed by atoms with Crippen molar-refractivity contribution in [2.24, 2.45) is 0 Å². The molecular weight excluding hydrogens is 219 g/mol. The third kappa shape index (κ3) is 6.62. The van der Waals surface area contributed by atoms with E-state index in [2.05, 4.69) is 12.6 Å². The Bertz CT molecular complexity index is 64.0. The Morgan fingerprint density at radius 1 is 1.86 bits per heavy atom. The van der Waals surface area contributed by atoms with E-state index >= 15 is 0 Å². The second-order valence-electron chi connectivity index (χ2n) is 0.995. The topological polar surface area (TPSA) is 40.1 Å². The van der Waals surface area contributed by atoms with E-state index in [4.69, 9.17) is 0 Å². The van der Waals surface area contributed by atoms with E-state index in [1.807, 2.05) is 0 Å². The maximum Gasteiger partial charge on any atom is 4.00 e. The van der Waals surface area contributed by atoms with E-state index < -0.39 is 11.2 Å². The van der Waals surface area contributed by atoms with E-state index in [9.17, 15) is 9.90 Å². The maximum absolute atomic E-state index is 9.51. The number of carbonyl (C=O) groups excluding carboxylic acids is 1. The number of hydrogen-bond acceptors (Lipinski definition) is 3. The minimum atomic E-state index is -1.13. The second kappa shape index (κ2) is 4.77. The average Bonchev–Trinajstić information content (AvgIpc) is 1.36. The standard InChI is InChI=1S/C3H6O2S.Sn/c1-2(6)3(4)5;/h2,6H,1H3,(H,4,5);/q;+4/p-1. The summed E-state index contributed by atoms with van der Waals surface area (Å²) in [5.41, 5.74) is 0. The molecule has 36 valence electrons. The molecule has 7 heavy (non-hydrogen) atoms. The van der Waals surface area contributed by atoms with E-state index in [-0.39, 0.29) is 23.9 Å². The molecule has 0 saturated carbocycles. The summed E-state index contributed by atoms with van der Waals surface area (Å²) < 4.78 is 0. The van der Waals surface area contributed by atoms with Crippen LogP contribution in [0.4, 0.5) is 0 Å². The molecule has 0 aliphatic rings. The summed E-state index contributed by atoms with van der Waals surface area (Å²) in [6.45, 7) is 1.44. The van der Waals surface area contributed by atoms with E-state index in [1.165, 1.54) is 6.92 Å². The summed E-state index contributed by atoms with van der Waals surface area (Å²) >= 11 is 3.53. The van der Waals surface area contributed by atoms with Gasteiger partial charge in [0.1, 0.15) is 0 Å². The van der Waals surface area contributed by atoms with Crippen molar-refractivity contribution in [3.05, 3.63) is 0 Å². The van der Waals surface area contributed by atoms with Crippen molar-refractivity contribution in [2.75, 3.05) is 0 Å². The minimum absolute atomic E-state index is 0. The third-order valence-electron chi connectivity index (χ3n) is 0.341. The molecule has 0 bridgehead atoms. The Kier molecular flexibility index (Phi) is 7.20. The number of carboxylic acid groups (broad SMARTS) is 1. The van der Waals surface area contributed by atoms with Gasteiger partial charge < -0.3 is 9.90 Å². The van der Waals surface area contributed by atoms with Crippen LogP contribution in [0.25, 0.3) is 0 Å². The fourth-order valence-electron chi connectivity index (χ4n) is 0. The molecule has 0 saturated heterocycles. The number of aliphatic carboxylic acids is 1. The first kappa shape index (κ1) is 10.6. The zero-order valence-electron chi connectivity index (χ0n) is 3.84. The monoisotopic (exact) mass is 225 g/mol. The molecular formula is C3H5O2SSn+3. The largest absolute Gasteiger partial charge is 4.00 e. The van der Waals surface area contributed by atoms with Crippen LogP contribution < -0.4 is 5.11 Å². The third-order valence-corrected chi connectivity index (χ3v) is 0.552. The van der Waals surface area contributed by atoms with Gasteiger partial charge in [-0.05, 0) is 6.92 Å². The van der Waals surface area contributed by atoms with Gasteiger partial charge in [0.15, 0.2) is 0 Å². The van der Waals surface area contributed by atoms with Gasteiger partial charge in [0.2, 0.25) is 0 Å². The molecule has 4 heteroatoms. The molecule has 0 aliphatic carbocycles. The van der Waals surface area contributed by atoms with Gasteiger partial charge in [-0.25, -0.2) is 0 Å². The van der Waals surface area contributed by atoms with Crippen molar-refractivity contribution in [2.45, 2.75) is 12.2 Å². The molecule has 0 aromatic rings. The number of rotatable bonds is 1. The normalized spacial score (nSPS) is 11.7. The Hall–Kier alpha value is 0.619. The molecule has 0 fully saturated rings. The smallest absolute Gasteiger partial charge is 0.549 e. The van der Waals surface area contributed by atoms with E-state index in [0.29, 0.717) is 0 Å². The van der Waals surface area contributed by atoms with Gasteiger partial charge in [0, 0.05) is 5.25 Å². The Labute approximate surface area is 64.7 Å². The van der Waals surface area contributed by atoms with Gasteiger partial charge in [-0.15, -0.1) is 0 Å². The first-order valence-electron chi connectivity index (χ1n) is 1.53. The van der Waals surface area contributed by atoms with Crippen LogP contribution in [0, 0.1) is 0 Å². The molecule has 0 N–H and O–H groups in total. The van der Waals surface area contributed by atoms with E-state index in [0.717, 1.165) is 0 Å². The zero-order chi connectivity index (χ0) is 5.15. The van der Waals surface area contributed by atoms with Gasteiger partial charge in [0.05, 0.1) is 5.97 Å². The van der Waals surface area contributed by atoms with E-state index in [1.54, 1.807) is 0 Å². The summed E-state index contributed by atoms with van der Waals surface area (Å²) in [5, 5.41) is 8.86. The van der Waals surface area contributed by atoms with Gasteiger partial charge in [-0.3, -0.25) is 0 Å². The molecule has 0 spiro atoms. The van der Waals surface area contributed by atoms with Gasteiger partial charge in [-0.2, -0.15) is 12.6 Å². The summed E-state index contributed by atoms with van der Waals surface area (Å²) in [7, 11) is 0. The fraction of sp³-hybridized carbons (Fsp3) is 0.667.